The molecule has 93 heavy (non-hydrogen) atoms. The third-order valence-corrected chi connectivity index (χ3v) is 18.9. The van der Waals surface area contributed by atoms with Crippen LogP contribution in [-0.4, -0.2) is 88.1 Å². The van der Waals surface area contributed by atoms with E-state index in [-0.39, 0.29) is 17.7 Å². The van der Waals surface area contributed by atoms with E-state index in [1.807, 2.05) is 0 Å². The third-order valence-electron chi connectivity index (χ3n) is 18.9. The maximum absolute atomic E-state index is 6.80. The summed E-state index contributed by atoms with van der Waals surface area (Å²) in [5.74, 6) is -0.652. The SMILES string of the molecule is CCCCC/C=C\C/C=C\CCCCCCCCC1(CCCCCCCC/C=C\C/C=C\CCCCC)OCC(CCN(C)C)O1.CCCCC/C=C\C/C=C\CCCCCCCCC1(CCCCCCCC/C=C\C/C=C\CCCCC)OCCC(CCN(C)C)O1. The Morgan fingerprint density at radius 1 is 0.280 bits per heavy atom. The monoisotopic (exact) mass is 1300 g/mol. The van der Waals surface area contributed by atoms with E-state index in [1.54, 1.807) is 0 Å². The molecule has 0 bridgehead atoms. The highest BCUT2D eigenvalue weighted by Crippen LogP contribution is 2.37. The first-order valence-corrected chi connectivity index (χ1v) is 40.9. The third kappa shape index (κ3) is 60.6. The summed E-state index contributed by atoms with van der Waals surface area (Å²) in [6, 6.07) is 0. The maximum atomic E-state index is 6.80. The molecule has 2 aliphatic rings. The van der Waals surface area contributed by atoms with Crippen molar-refractivity contribution < 1.29 is 18.9 Å². The van der Waals surface area contributed by atoms with Crippen LogP contribution in [0, 0.1) is 0 Å². The molecule has 0 aromatic heterocycles. The predicted molar refractivity (Wildman–Crippen MR) is 414 cm³/mol. The first-order valence-electron chi connectivity index (χ1n) is 40.9. The van der Waals surface area contributed by atoms with Gasteiger partial charge in [0.05, 0.1) is 25.4 Å². The minimum absolute atomic E-state index is 0.261. The van der Waals surface area contributed by atoms with Gasteiger partial charge in [0.2, 0.25) is 0 Å². The molecule has 2 rings (SSSR count). The minimum atomic E-state index is -0.334. The molecule has 2 aliphatic heterocycles. The van der Waals surface area contributed by atoms with Crippen molar-refractivity contribution >= 4 is 0 Å². The van der Waals surface area contributed by atoms with Crippen molar-refractivity contribution in [2.45, 2.75) is 405 Å². The minimum Gasteiger partial charge on any atom is -0.350 e. The van der Waals surface area contributed by atoms with Gasteiger partial charge in [-0.1, -0.05) is 279 Å². The van der Waals surface area contributed by atoms with Crippen molar-refractivity contribution in [2.24, 2.45) is 0 Å². The van der Waals surface area contributed by atoms with E-state index in [4.69, 9.17) is 18.9 Å². The number of hydrogen-bond donors (Lipinski definition) is 0. The molecule has 2 unspecified atom stereocenters. The second-order valence-corrected chi connectivity index (χ2v) is 28.8. The molecule has 0 spiro atoms. The summed E-state index contributed by atoms with van der Waals surface area (Å²) < 4.78 is 26.4. The van der Waals surface area contributed by atoms with E-state index < -0.39 is 0 Å². The van der Waals surface area contributed by atoms with Gasteiger partial charge in [-0.05, 0) is 208 Å². The smallest absolute Gasteiger partial charge is 0.168 e. The topological polar surface area (TPSA) is 43.4 Å². The fourth-order valence-electron chi connectivity index (χ4n) is 12.8. The fraction of sp³-hybridized carbons (Fsp3) is 0.816. The van der Waals surface area contributed by atoms with E-state index in [2.05, 4.69) is 163 Å². The first-order chi connectivity index (χ1) is 45.7. The maximum Gasteiger partial charge on any atom is 0.168 e. The Morgan fingerprint density at radius 2 is 0.516 bits per heavy atom. The zero-order chi connectivity index (χ0) is 67.2. The summed E-state index contributed by atoms with van der Waals surface area (Å²) in [5.41, 5.74) is 0. The molecule has 542 valence electrons. The molecule has 2 saturated heterocycles. The normalized spacial score (nSPS) is 17.0. The van der Waals surface area contributed by atoms with Crippen LogP contribution in [0.25, 0.3) is 0 Å². The van der Waals surface area contributed by atoms with E-state index in [0.717, 1.165) is 96.9 Å². The first kappa shape index (κ1) is 88.7. The average Bonchev–Trinajstić information content (AvgIpc) is 2.06. The fourth-order valence-corrected chi connectivity index (χ4v) is 12.8. The number of nitrogens with zero attached hydrogens (tertiary/aromatic N) is 2. The summed E-state index contributed by atoms with van der Waals surface area (Å²) >= 11 is 0. The Balaban J connectivity index is 0.000000930. The molecule has 2 heterocycles. The molecule has 6 nitrogen and oxygen atoms in total. The van der Waals surface area contributed by atoms with Crippen molar-refractivity contribution in [2.75, 3.05) is 54.5 Å². The standard InChI is InChI=1S/C44H81NO2.C43H79NO2/c1-5-7-9-11-13-15-17-19-21-23-25-27-29-31-33-35-39-44(46-42-38-43(47-44)37-41-45(3)4)40-36-34-32-30-28-26-24-22-20-18-16-14-12-10-8-6-2;1-5-7-9-11-13-15-17-19-21-23-25-27-29-31-33-35-38-43(45-41-42(46-43)37-40-44(3)4)39-36-34-32-30-28-26-24-22-20-18-16-14-12-10-8-6-2/h13-16,19-22,43H,5-12,17-18,23-42H2,1-4H3;13-16,19-22,42H,5-12,17-18,23-41H2,1-4H3/b2*15-13-,16-14-,21-19-,22-20-. The zero-order valence-corrected chi connectivity index (χ0v) is 63.6. The van der Waals surface area contributed by atoms with Crippen LogP contribution in [0.1, 0.15) is 381 Å². The van der Waals surface area contributed by atoms with Gasteiger partial charge in [-0.15, -0.1) is 0 Å². The lowest BCUT2D eigenvalue weighted by Gasteiger charge is -2.42. The second kappa shape index (κ2) is 69.6. The van der Waals surface area contributed by atoms with Gasteiger partial charge in [0.15, 0.2) is 11.6 Å². The highest BCUT2D eigenvalue weighted by Gasteiger charge is 2.40. The molecule has 2 atom stereocenters. The van der Waals surface area contributed by atoms with Crippen LogP contribution in [0.2, 0.25) is 0 Å². The van der Waals surface area contributed by atoms with E-state index in [9.17, 15) is 0 Å². The van der Waals surface area contributed by atoms with Crippen molar-refractivity contribution in [3.8, 4) is 0 Å². The molecule has 0 N–H and O–H groups in total. The Morgan fingerprint density at radius 3 is 0.796 bits per heavy atom. The number of allylic oxidation sites excluding steroid dienone is 16. The van der Waals surface area contributed by atoms with E-state index >= 15 is 0 Å². The number of hydrogen-bond acceptors (Lipinski definition) is 6. The lowest BCUT2D eigenvalue weighted by atomic mass is 9.97. The highest BCUT2D eigenvalue weighted by atomic mass is 16.7. The summed E-state index contributed by atoms with van der Waals surface area (Å²) in [6.45, 7) is 12.9. The molecule has 0 aromatic carbocycles. The van der Waals surface area contributed by atoms with Crippen LogP contribution in [0.15, 0.2) is 97.2 Å². The largest absolute Gasteiger partial charge is 0.350 e. The van der Waals surface area contributed by atoms with Crippen molar-refractivity contribution in [1.82, 2.24) is 9.80 Å². The van der Waals surface area contributed by atoms with Gasteiger partial charge in [0.1, 0.15) is 0 Å². The molecule has 0 saturated carbocycles. The van der Waals surface area contributed by atoms with Crippen molar-refractivity contribution in [1.29, 1.82) is 0 Å². The van der Waals surface area contributed by atoms with Crippen LogP contribution in [0.4, 0.5) is 0 Å². The highest BCUT2D eigenvalue weighted by molar-refractivity contribution is 4.96. The molecule has 0 radical (unpaired) electrons. The Bertz CT molecular complexity index is 1680. The Labute approximate surface area is 582 Å². The summed E-state index contributed by atoms with van der Waals surface area (Å²) in [5, 5.41) is 0. The number of rotatable bonds is 66. The van der Waals surface area contributed by atoms with Crippen molar-refractivity contribution in [3.63, 3.8) is 0 Å². The summed E-state index contributed by atoms with van der Waals surface area (Å²) in [4.78, 5) is 4.54. The van der Waals surface area contributed by atoms with E-state index in [1.165, 1.54) is 283 Å². The number of ether oxygens (including phenoxy) is 4. The predicted octanol–water partition coefficient (Wildman–Crippen LogP) is 27.3. The second-order valence-electron chi connectivity index (χ2n) is 28.8. The quantitative estimate of drug-likeness (QED) is 0.0447. The van der Waals surface area contributed by atoms with Crippen LogP contribution in [-0.2, 0) is 18.9 Å². The summed E-state index contributed by atoms with van der Waals surface area (Å²) in [6.07, 6.45) is 108. The molecular formula is C87H160N2O4. The molecule has 0 amide bonds. The van der Waals surface area contributed by atoms with Crippen LogP contribution < -0.4 is 0 Å². The molecule has 6 heteroatoms. The van der Waals surface area contributed by atoms with Crippen LogP contribution in [0.3, 0.4) is 0 Å². The summed E-state index contributed by atoms with van der Waals surface area (Å²) in [7, 11) is 8.64. The zero-order valence-electron chi connectivity index (χ0n) is 63.6. The molecule has 2 fully saturated rings. The van der Waals surface area contributed by atoms with Crippen LogP contribution in [0.5, 0.6) is 0 Å². The van der Waals surface area contributed by atoms with Gasteiger partial charge in [-0.3, -0.25) is 0 Å². The van der Waals surface area contributed by atoms with E-state index in [0.29, 0.717) is 6.10 Å². The number of unbranched alkanes of at least 4 members (excludes halogenated alkanes) is 36. The van der Waals surface area contributed by atoms with Gasteiger partial charge in [0, 0.05) is 32.2 Å². The molecule has 0 aromatic rings. The lowest BCUT2D eigenvalue weighted by Crippen LogP contribution is -2.45. The average molecular weight is 1300 g/mol. The molecule has 0 aliphatic carbocycles. The van der Waals surface area contributed by atoms with Gasteiger partial charge in [-0.25, -0.2) is 0 Å². The van der Waals surface area contributed by atoms with Gasteiger partial charge >= 0.3 is 0 Å². The lowest BCUT2D eigenvalue weighted by molar-refractivity contribution is -0.301. The Hall–Kier alpha value is -2.32. The van der Waals surface area contributed by atoms with Crippen LogP contribution >= 0.6 is 0 Å². The van der Waals surface area contributed by atoms with Crippen molar-refractivity contribution in [3.05, 3.63) is 97.2 Å². The van der Waals surface area contributed by atoms with Gasteiger partial charge in [-0.2, -0.15) is 0 Å². The molecular weight excluding hydrogens is 1140 g/mol. The van der Waals surface area contributed by atoms with Gasteiger partial charge < -0.3 is 28.7 Å². The Kier molecular flexibility index (Phi) is 66.4. The van der Waals surface area contributed by atoms with Gasteiger partial charge in [0.25, 0.3) is 0 Å².